The van der Waals surface area contributed by atoms with Gasteiger partial charge in [0.25, 0.3) is 0 Å². The molecule has 1 saturated heterocycles. The van der Waals surface area contributed by atoms with Gasteiger partial charge in [-0.25, -0.2) is 0 Å². The zero-order valence-corrected chi connectivity index (χ0v) is 13.9. The predicted octanol–water partition coefficient (Wildman–Crippen LogP) is 1.41. The maximum absolute atomic E-state index is 12.1. The van der Waals surface area contributed by atoms with Crippen LogP contribution in [-0.4, -0.2) is 32.7 Å². The van der Waals surface area contributed by atoms with Crippen molar-refractivity contribution in [3.63, 3.8) is 0 Å². The Morgan fingerprint density at radius 3 is 2.55 bits per heavy atom. The fourth-order valence-electron chi connectivity index (χ4n) is 3.03. The Morgan fingerprint density at radius 1 is 1.27 bits per heavy atom. The van der Waals surface area contributed by atoms with E-state index in [1.54, 1.807) is 12.0 Å². The highest BCUT2D eigenvalue weighted by atomic mass is 16.5. The number of carbonyl (C=O) groups is 1. The smallest absolute Gasteiger partial charge is 0.223 e. The van der Waals surface area contributed by atoms with Crippen molar-refractivity contribution < 1.29 is 14.4 Å². The molecule has 1 aromatic carbocycles. The molecule has 4 nitrogen and oxygen atoms in total. The van der Waals surface area contributed by atoms with Crippen LogP contribution in [0.4, 0.5) is 0 Å². The molecule has 0 unspecified atom stereocenters. The summed E-state index contributed by atoms with van der Waals surface area (Å²) < 4.78 is 5.19. The minimum absolute atomic E-state index is 0.219. The van der Waals surface area contributed by atoms with E-state index in [1.165, 1.54) is 5.56 Å². The van der Waals surface area contributed by atoms with E-state index in [-0.39, 0.29) is 11.8 Å². The SMILES string of the molecule is CCCCNC(=O)C1CC[NH+](Cc2ccc(OC)cc2)CC1. The van der Waals surface area contributed by atoms with Crippen molar-refractivity contribution in [1.82, 2.24) is 5.32 Å². The lowest BCUT2D eigenvalue weighted by Gasteiger charge is -2.28. The van der Waals surface area contributed by atoms with Crippen LogP contribution in [0.15, 0.2) is 24.3 Å². The largest absolute Gasteiger partial charge is 0.497 e. The van der Waals surface area contributed by atoms with Crippen molar-refractivity contribution >= 4 is 5.91 Å². The monoisotopic (exact) mass is 305 g/mol. The molecule has 122 valence electrons. The number of hydrogen-bond donors (Lipinski definition) is 2. The lowest BCUT2D eigenvalue weighted by molar-refractivity contribution is -0.919. The molecule has 1 aromatic rings. The van der Waals surface area contributed by atoms with E-state index in [0.29, 0.717) is 0 Å². The highest BCUT2D eigenvalue weighted by Crippen LogP contribution is 2.12. The zero-order valence-electron chi connectivity index (χ0n) is 13.9. The molecule has 1 aliphatic rings. The second kappa shape index (κ2) is 8.79. The van der Waals surface area contributed by atoms with Crippen molar-refractivity contribution in [3.05, 3.63) is 29.8 Å². The van der Waals surface area contributed by atoms with Crippen LogP contribution in [0, 0.1) is 5.92 Å². The molecule has 0 spiro atoms. The minimum Gasteiger partial charge on any atom is -0.497 e. The molecule has 22 heavy (non-hydrogen) atoms. The quantitative estimate of drug-likeness (QED) is 0.748. The fourth-order valence-corrected chi connectivity index (χ4v) is 3.03. The van der Waals surface area contributed by atoms with Gasteiger partial charge in [-0.1, -0.05) is 13.3 Å². The lowest BCUT2D eigenvalue weighted by atomic mass is 9.95. The number of quaternary nitrogens is 1. The Morgan fingerprint density at radius 2 is 1.95 bits per heavy atom. The van der Waals surface area contributed by atoms with Crippen LogP contribution in [0.1, 0.15) is 38.2 Å². The highest BCUT2D eigenvalue weighted by molar-refractivity contribution is 5.78. The second-order valence-electron chi connectivity index (χ2n) is 6.19. The molecule has 0 saturated carbocycles. The summed E-state index contributed by atoms with van der Waals surface area (Å²) >= 11 is 0. The average molecular weight is 305 g/mol. The summed E-state index contributed by atoms with van der Waals surface area (Å²) in [5.74, 6) is 1.38. The number of rotatable bonds is 7. The van der Waals surface area contributed by atoms with Gasteiger partial charge in [0.2, 0.25) is 5.91 Å². The molecule has 2 rings (SSSR count). The van der Waals surface area contributed by atoms with Gasteiger partial charge in [0, 0.05) is 30.9 Å². The third kappa shape index (κ3) is 5.02. The molecule has 0 atom stereocenters. The summed E-state index contributed by atoms with van der Waals surface area (Å²) in [5, 5.41) is 3.07. The lowest BCUT2D eigenvalue weighted by Crippen LogP contribution is -3.11. The van der Waals surface area contributed by atoms with Gasteiger partial charge in [0.05, 0.1) is 20.2 Å². The number of benzene rings is 1. The van der Waals surface area contributed by atoms with Crippen molar-refractivity contribution in [1.29, 1.82) is 0 Å². The molecular formula is C18H29N2O2+. The first-order valence-corrected chi connectivity index (χ1v) is 8.47. The van der Waals surface area contributed by atoms with Crippen LogP contribution in [0.25, 0.3) is 0 Å². The molecular weight excluding hydrogens is 276 g/mol. The Labute approximate surface area is 133 Å². The summed E-state index contributed by atoms with van der Waals surface area (Å²) in [6.45, 7) is 6.17. The van der Waals surface area contributed by atoms with E-state index in [9.17, 15) is 4.79 Å². The van der Waals surface area contributed by atoms with Gasteiger partial charge in [0.15, 0.2) is 0 Å². The molecule has 1 amide bonds. The highest BCUT2D eigenvalue weighted by Gasteiger charge is 2.27. The van der Waals surface area contributed by atoms with Gasteiger partial charge in [-0.3, -0.25) is 4.79 Å². The van der Waals surface area contributed by atoms with E-state index < -0.39 is 0 Å². The standard InChI is InChI=1S/C18H28N2O2/c1-3-4-11-19-18(21)16-9-12-20(13-10-16)14-15-5-7-17(22-2)8-6-15/h5-8,16H,3-4,9-14H2,1-2H3,(H,19,21)/p+1. The molecule has 2 N–H and O–H groups in total. The number of amides is 1. The summed E-state index contributed by atoms with van der Waals surface area (Å²) in [6.07, 6.45) is 4.21. The van der Waals surface area contributed by atoms with Crippen LogP contribution in [-0.2, 0) is 11.3 Å². The van der Waals surface area contributed by atoms with E-state index >= 15 is 0 Å². The van der Waals surface area contributed by atoms with Crippen molar-refractivity contribution in [2.24, 2.45) is 5.92 Å². The Kier molecular flexibility index (Phi) is 6.72. The predicted molar refractivity (Wildman–Crippen MR) is 88.0 cm³/mol. The van der Waals surface area contributed by atoms with Crippen LogP contribution in [0.5, 0.6) is 5.75 Å². The Hall–Kier alpha value is -1.55. The maximum atomic E-state index is 12.1. The van der Waals surface area contributed by atoms with Gasteiger partial charge >= 0.3 is 0 Å². The van der Waals surface area contributed by atoms with Gasteiger partial charge in [-0.15, -0.1) is 0 Å². The fraction of sp³-hybridized carbons (Fsp3) is 0.611. The molecule has 0 aliphatic carbocycles. The molecule has 0 radical (unpaired) electrons. The third-order valence-electron chi connectivity index (χ3n) is 4.51. The normalized spacial score (nSPS) is 21.4. The van der Waals surface area contributed by atoms with E-state index in [2.05, 4.69) is 24.4 Å². The topological polar surface area (TPSA) is 42.8 Å². The number of hydrogen-bond acceptors (Lipinski definition) is 2. The van der Waals surface area contributed by atoms with Crippen molar-refractivity contribution in [2.45, 2.75) is 39.2 Å². The minimum atomic E-state index is 0.219. The first kappa shape index (κ1) is 16.8. The number of carbonyl (C=O) groups excluding carboxylic acids is 1. The van der Waals surface area contributed by atoms with Crippen LogP contribution >= 0.6 is 0 Å². The van der Waals surface area contributed by atoms with E-state index in [1.807, 2.05) is 12.1 Å². The molecule has 0 aromatic heterocycles. The first-order valence-electron chi connectivity index (χ1n) is 8.47. The number of likely N-dealkylation sites (tertiary alicyclic amines) is 1. The number of unbranched alkanes of at least 4 members (excludes halogenated alkanes) is 1. The van der Waals surface area contributed by atoms with Crippen molar-refractivity contribution in [2.75, 3.05) is 26.7 Å². The Balaban J connectivity index is 1.73. The third-order valence-corrected chi connectivity index (χ3v) is 4.51. The second-order valence-corrected chi connectivity index (χ2v) is 6.19. The van der Waals surface area contributed by atoms with E-state index in [0.717, 1.165) is 57.6 Å². The number of piperidine rings is 1. The summed E-state index contributed by atoms with van der Waals surface area (Å²) in [7, 11) is 1.69. The van der Waals surface area contributed by atoms with Gasteiger partial charge < -0.3 is 15.0 Å². The van der Waals surface area contributed by atoms with Crippen LogP contribution < -0.4 is 15.0 Å². The van der Waals surface area contributed by atoms with Gasteiger partial charge in [-0.2, -0.15) is 0 Å². The number of methoxy groups -OCH3 is 1. The van der Waals surface area contributed by atoms with Crippen molar-refractivity contribution in [3.8, 4) is 5.75 Å². The summed E-state index contributed by atoms with van der Waals surface area (Å²) in [6, 6.07) is 8.30. The Bertz CT molecular complexity index is 451. The summed E-state index contributed by atoms with van der Waals surface area (Å²) in [5.41, 5.74) is 1.33. The molecule has 1 heterocycles. The molecule has 0 bridgehead atoms. The summed E-state index contributed by atoms with van der Waals surface area (Å²) in [4.78, 5) is 13.6. The first-order chi connectivity index (χ1) is 10.7. The number of nitrogens with one attached hydrogen (secondary N) is 2. The average Bonchev–Trinajstić information content (AvgIpc) is 2.56. The molecule has 4 heteroatoms. The molecule has 1 fully saturated rings. The maximum Gasteiger partial charge on any atom is 0.223 e. The molecule has 1 aliphatic heterocycles. The van der Waals surface area contributed by atoms with Crippen LogP contribution in [0.2, 0.25) is 0 Å². The number of ether oxygens (including phenoxy) is 1. The van der Waals surface area contributed by atoms with Gasteiger partial charge in [-0.05, 0) is 30.7 Å². The van der Waals surface area contributed by atoms with Crippen LogP contribution in [0.3, 0.4) is 0 Å². The van der Waals surface area contributed by atoms with Gasteiger partial charge in [0.1, 0.15) is 12.3 Å². The zero-order chi connectivity index (χ0) is 15.8. The van der Waals surface area contributed by atoms with E-state index in [4.69, 9.17) is 4.74 Å².